The number of fused-ring (bicyclic) bond motifs is 2. The lowest BCUT2D eigenvalue weighted by atomic mass is 10.0. The summed E-state index contributed by atoms with van der Waals surface area (Å²) >= 11 is 0. The zero-order valence-electron chi connectivity index (χ0n) is 14.8. The molecule has 9 heteroatoms. The number of rotatable bonds is 2. The molecule has 1 atom stereocenters. The fourth-order valence-electron chi connectivity index (χ4n) is 3.78. The van der Waals surface area contributed by atoms with Gasteiger partial charge in [0.1, 0.15) is 6.04 Å². The average Bonchev–Trinajstić information content (AvgIpc) is 3.21. The average molecular weight is 376 g/mol. The topological polar surface area (TPSA) is 123 Å². The molecular formula is C19H16N6O3. The highest BCUT2D eigenvalue weighted by Crippen LogP contribution is 2.31. The monoisotopic (exact) mass is 376 g/mol. The Balaban J connectivity index is 1.47. The largest absolute Gasteiger partial charge is 0.394 e. The minimum absolute atomic E-state index is 0.195. The minimum atomic E-state index is -0.623. The number of imide groups is 1. The van der Waals surface area contributed by atoms with E-state index in [1.807, 2.05) is 18.2 Å². The summed E-state index contributed by atoms with van der Waals surface area (Å²) in [6.45, 7) is 0.325. The third-order valence-electron chi connectivity index (χ3n) is 5.22. The first-order valence-corrected chi connectivity index (χ1v) is 8.89. The van der Waals surface area contributed by atoms with Crippen LogP contribution in [0.25, 0.3) is 16.9 Å². The number of hydrogen-bond acceptors (Lipinski definition) is 6. The summed E-state index contributed by atoms with van der Waals surface area (Å²) < 4.78 is 1.60. The van der Waals surface area contributed by atoms with Crippen molar-refractivity contribution in [3.05, 3.63) is 47.8 Å². The van der Waals surface area contributed by atoms with Crippen molar-refractivity contribution in [3.8, 4) is 11.3 Å². The van der Waals surface area contributed by atoms with Gasteiger partial charge in [-0.25, -0.2) is 9.50 Å². The van der Waals surface area contributed by atoms with Gasteiger partial charge in [-0.2, -0.15) is 5.10 Å². The van der Waals surface area contributed by atoms with E-state index in [1.54, 1.807) is 23.0 Å². The van der Waals surface area contributed by atoms with Crippen LogP contribution in [0.3, 0.4) is 0 Å². The third-order valence-corrected chi connectivity index (χ3v) is 5.22. The van der Waals surface area contributed by atoms with Crippen LogP contribution < -0.4 is 11.1 Å². The first-order valence-electron chi connectivity index (χ1n) is 8.89. The lowest BCUT2D eigenvalue weighted by Crippen LogP contribution is -2.52. The zero-order valence-corrected chi connectivity index (χ0v) is 14.8. The molecule has 5 rings (SSSR count). The number of hydrogen-bond donors (Lipinski definition) is 2. The predicted octanol–water partition coefficient (Wildman–Crippen LogP) is 0.739. The molecule has 0 bridgehead atoms. The maximum Gasteiger partial charge on any atom is 0.255 e. The molecule has 0 radical (unpaired) electrons. The second kappa shape index (κ2) is 5.88. The molecule has 28 heavy (non-hydrogen) atoms. The van der Waals surface area contributed by atoms with Gasteiger partial charge in [-0.05, 0) is 30.2 Å². The van der Waals surface area contributed by atoms with Gasteiger partial charge in [-0.1, -0.05) is 6.07 Å². The number of aromatic nitrogens is 3. The molecule has 1 fully saturated rings. The Morgan fingerprint density at radius 2 is 2.04 bits per heavy atom. The number of nitrogen functional groups attached to an aromatic ring is 1. The van der Waals surface area contributed by atoms with Crippen molar-refractivity contribution in [2.24, 2.45) is 0 Å². The summed E-state index contributed by atoms with van der Waals surface area (Å²) in [7, 11) is 0. The van der Waals surface area contributed by atoms with Gasteiger partial charge in [0, 0.05) is 30.3 Å². The fraction of sp³-hybridized carbons (Fsp3) is 0.211. The van der Waals surface area contributed by atoms with Gasteiger partial charge in [-0.3, -0.25) is 19.7 Å². The highest BCUT2D eigenvalue weighted by molar-refractivity contribution is 6.05. The molecule has 3 amide bonds. The highest BCUT2D eigenvalue weighted by atomic mass is 16.2. The first-order chi connectivity index (χ1) is 13.5. The number of nitrogens with two attached hydrogens (primary N) is 1. The van der Waals surface area contributed by atoms with Crippen molar-refractivity contribution in [2.75, 3.05) is 5.73 Å². The molecule has 2 aliphatic rings. The summed E-state index contributed by atoms with van der Waals surface area (Å²) in [5.41, 5.74) is 9.91. The number of nitrogens with one attached hydrogen (secondary N) is 1. The molecule has 3 N–H and O–H groups in total. The van der Waals surface area contributed by atoms with E-state index in [1.165, 1.54) is 4.90 Å². The molecule has 9 nitrogen and oxygen atoms in total. The van der Waals surface area contributed by atoms with Crippen LogP contribution in [-0.2, 0) is 16.1 Å². The van der Waals surface area contributed by atoms with Crippen molar-refractivity contribution in [2.45, 2.75) is 25.4 Å². The van der Waals surface area contributed by atoms with Crippen molar-refractivity contribution in [1.82, 2.24) is 24.8 Å². The van der Waals surface area contributed by atoms with E-state index in [0.717, 1.165) is 16.8 Å². The van der Waals surface area contributed by atoms with Crippen LogP contribution in [0.15, 0.2) is 36.7 Å². The third kappa shape index (κ3) is 2.43. The van der Waals surface area contributed by atoms with Crippen LogP contribution in [0.5, 0.6) is 0 Å². The molecule has 1 saturated heterocycles. The molecule has 3 aromatic rings. The van der Waals surface area contributed by atoms with Crippen molar-refractivity contribution >= 4 is 29.1 Å². The predicted molar refractivity (Wildman–Crippen MR) is 98.9 cm³/mol. The van der Waals surface area contributed by atoms with Gasteiger partial charge in [0.2, 0.25) is 11.8 Å². The number of amides is 3. The second-order valence-electron chi connectivity index (χ2n) is 6.95. The molecule has 0 saturated carbocycles. The van der Waals surface area contributed by atoms with E-state index in [2.05, 4.69) is 15.4 Å². The van der Waals surface area contributed by atoms with Gasteiger partial charge >= 0.3 is 0 Å². The van der Waals surface area contributed by atoms with Crippen molar-refractivity contribution in [1.29, 1.82) is 0 Å². The lowest BCUT2D eigenvalue weighted by molar-refractivity contribution is -0.136. The van der Waals surface area contributed by atoms with Gasteiger partial charge < -0.3 is 10.6 Å². The summed E-state index contributed by atoms with van der Waals surface area (Å²) in [4.78, 5) is 42.4. The Hall–Kier alpha value is -3.75. The normalized spacial score (nSPS) is 19.2. The van der Waals surface area contributed by atoms with E-state index >= 15 is 0 Å². The standard InChI is InChI=1S/C19H16N6O3/c20-13-8-21-25-6-5-14(22-17(13)25)10-1-2-12-11(7-10)9-24(19(12)28)15-3-4-16(26)23-18(15)27/h1-2,5-8,15H,3-4,9,20H2,(H,23,26,27)/t15-/m0/s1. The maximum atomic E-state index is 12.8. The van der Waals surface area contributed by atoms with Crippen molar-refractivity contribution in [3.63, 3.8) is 0 Å². The van der Waals surface area contributed by atoms with Crippen LogP contribution in [0.1, 0.15) is 28.8 Å². The maximum absolute atomic E-state index is 12.8. The van der Waals surface area contributed by atoms with E-state index in [-0.39, 0.29) is 18.2 Å². The highest BCUT2D eigenvalue weighted by Gasteiger charge is 2.39. The van der Waals surface area contributed by atoms with E-state index in [0.29, 0.717) is 29.9 Å². The van der Waals surface area contributed by atoms with Gasteiger partial charge in [0.15, 0.2) is 5.65 Å². The number of nitrogens with zero attached hydrogens (tertiary/aromatic N) is 4. The number of benzene rings is 1. The molecule has 0 aliphatic carbocycles. The van der Waals surface area contributed by atoms with Crippen LogP contribution in [0, 0.1) is 0 Å². The van der Waals surface area contributed by atoms with E-state index in [9.17, 15) is 14.4 Å². The minimum Gasteiger partial charge on any atom is -0.394 e. The Bertz CT molecular complexity index is 1170. The van der Waals surface area contributed by atoms with E-state index in [4.69, 9.17) is 5.73 Å². The summed E-state index contributed by atoms with van der Waals surface area (Å²) in [5, 5.41) is 6.42. The molecule has 0 spiro atoms. The molecule has 2 aromatic heterocycles. The fourth-order valence-corrected chi connectivity index (χ4v) is 3.78. The Kier molecular flexibility index (Phi) is 3.45. The Labute approximate surface area is 159 Å². The summed E-state index contributed by atoms with van der Waals surface area (Å²) in [5.74, 6) is -0.909. The molecular weight excluding hydrogens is 360 g/mol. The van der Waals surface area contributed by atoms with E-state index < -0.39 is 11.9 Å². The van der Waals surface area contributed by atoms with Crippen LogP contribution in [-0.4, -0.2) is 43.3 Å². The molecule has 1 aromatic carbocycles. The SMILES string of the molecule is Nc1cnn2ccc(-c3ccc4c(c3)CN([C@H]3CCC(=O)NC3=O)C4=O)nc12. The smallest absolute Gasteiger partial charge is 0.255 e. The second-order valence-corrected chi connectivity index (χ2v) is 6.95. The molecule has 0 unspecified atom stereocenters. The summed E-state index contributed by atoms with van der Waals surface area (Å²) in [6, 6.07) is 6.70. The first kappa shape index (κ1) is 16.4. The number of carbonyl (C=O) groups excluding carboxylic acids is 3. The Morgan fingerprint density at radius 3 is 2.86 bits per heavy atom. The number of piperidine rings is 1. The van der Waals surface area contributed by atoms with Gasteiger partial charge in [-0.15, -0.1) is 0 Å². The molecule has 4 heterocycles. The number of carbonyl (C=O) groups is 3. The summed E-state index contributed by atoms with van der Waals surface area (Å²) in [6.07, 6.45) is 3.90. The van der Waals surface area contributed by atoms with Gasteiger partial charge in [0.25, 0.3) is 5.91 Å². The quantitative estimate of drug-likeness (QED) is 0.636. The van der Waals surface area contributed by atoms with Crippen LogP contribution in [0.2, 0.25) is 0 Å². The Morgan fingerprint density at radius 1 is 1.18 bits per heavy atom. The number of anilines is 1. The van der Waals surface area contributed by atoms with Gasteiger partial charge in [0.05, 0.1) is 17.6 Å². The zero-order chi connectivity index (χ0) is 19.4. The van der Waals surface area contributed by atoms with Crippen LogP contribution >= 0.6 is 0 Å². The van der Waals surface area contributed by atoms with Crippen molar-refractivity contribution < 1.29 is 14.4 Å². The molecule has 140 valence electrons. The molecule has 2 aliphatic heterocycles. The van der Waals surface area contributed by atoms with Crippen LogP contribution in [0.4, 0.5) is 5.69 Å². The lowest BCUT2D eigenvalue weighted by Gasteiger charge is -2.29.